The summed E-state index contributed by atoms with van der Waals surface area (Å²) in [7, 11) is 0. The fourth-order valence-electron chi connectivity index (χ4n) is 0. The zero-order chi connectivity index (χ0) is 3.41. The van der Waals surface area contributed by atoms with E-state index in [9.17, 15) is 0 Å². The van der Waals surface area contributed by atoms with Gasteiger partial charge in [-0.25, -0.2) is 0 Å². The normalized spacial score (nSPS) is 6.50. The van der Waals surface area contributed by atoms with Crippen LogP contribution in [-0.4, -0.2) is 10.6 Å². The largest absolute Gasteiger partial charge is 0.391 e. The summed E-state index contributed by atoms with van der Waals surface area (Å²) in [5.41, 5.74) is 0. The van der Waals surface area contributed by atoms with Crippen LogP contribution in [0.4, 0.5) is 0 Å². The standard InChI is InChI=1S/BH2IO2/c2-1-4-3/h1,3H. The van der Waals surface area contributed by atoms with Crippen LogP contribution in [0.25, 0.3) is 0 Å². The molecule has 0 saturated carbocycles. The highest BCUT2D eigenvalue weighted by Crippen LogP contribution is 1.68. The molecule has 0 bridgehead atoms. The summed E-state index contributed by atoms with van der Waals surface area (Å²) in [6.07, 6.45) is 0. The van der Waals surface area contributed by atoms with E-state index in [0.29, 0.717) is 5.34 Å². The predicted molar refractivity (Wildman–Crippen MR) is 24.9 cm³/mol. The highest BCUT2D eigenvalue weighted by molar-refractivity contribution is 14.1. The van der Waals surface area contributed by atoms with E-state index in [1.807, 2.05) is 22.4 Å². The summed E-state index contributed by atoms with van der Waals surface area (Å²) in [6.45, 7) is 0. The van der Waals surface area contributed by atoms with Crippen molar-refractivity contribution in [2.75, 3.05) is 0 Å². The van der Waals surface area contributed by atoms with Gasteiger partial charge in [-0.15, -0.1) is 22.4 Å². The molecule has 0 aliphatic rings. The van der Waals surface area contributed by atoms with E-state index in [4.69, 9.17) is 5.26 Å². The van der Waals surface area contributed by atoms with Crippen LogP contribution in [0.1, 0.15) is 0 Å². The number of hydrogen-bond donors (Lipinski definition) is 1. The topological polar surface area (TPSA) is 29.5 Å². The zero-order valence-electron chi connectivity index (χ0n) is 1.94. The maximum Gasteiger partial charge on any atom is 0.391 e. The van der Waals surface area contributed by atoms with Crippen molar-refractivity contribution in [3.8, 4) is 0 Å². The average Bonchev–Trinajstić information content (AvgIpc) is 1.37. The van der Waals surface area contributed by atoms with E-state index in [-0.39, 0.29) is 0 Å². The lowest BCUT2D eigenvalue weighted by molar-refractivity contribution is -0.132. The molecule has 1 N–H and O–H groups in total. The van der Waals surface area contributed by atoms with Crippen molar-refractivity contribution in [2.24, 2.45) is 0 Å². The molecule has 0 fully saturated rings. The molecule has 2 nitrogen and oxygen atoms in total. The smallest absolute Gasteiger partial charge is 0.298 e. The van der Waals surface area contributed by atoms with Crippen LogP contribution in [-0.2, 0) is 4.81 Å². The quantitative estimate of drug-likeness (QED) is 0.264. The van der Waals surface area contributed by atoms with Gasteiger partial charge in [0.15, 0.2) is 0 Å². The van der Waals surface area contributed by atoms with Gasteiger partial charge < -0.3 is 0 Å². The first-order valence-electron chi connectivity index (χ1n) is 0.739. The van der Waals surface area contributed by atoms with Crippen LogP contribution < -0.4 is 0 Å². The van der Waals surface area contributed by atoms with Gasteiger partial charge in [-0.3, -0.25) is 10.1 Å². The van der Waals surface area contributed by atoms with E-state index in [1.54, 1.807) is 0 Å². The molecule has 0 saturated heterocycles. The molecule has 24 valence electrons. The van der Waals surface area contributed by atoms with Crippen LogP contribution in [0.3, 0.4) is 0 Å². The van der Waals surface area contributed by atoms with Crippen molar-refractivity contribution < 1.29 is 10.1 Å². The summed E-state index contributed by atoms with van der Waals surface area (Å²) in [4.78, 5) is 3.53. The first-order valence-corrected chi connectivity index (χ1v) is 2.26. The van der Waals surface area contributed by atoms with Crippen LogP contribution in [0.5, 0.6) is 0 Å². The summed E-state index contributed by atoms with van der Waals surface area (Å²) in [6, 6.07) is 0. The second-order valence-electron chi connectivity index (χ2n) is 0.238. The molecule has 0 aromatic rings. The zero-order valence-corrected chi connectivity index (χ0v) is 4.10. The first kappa shape index (κ1) is 4.71. The van der Waals surface area contributed by atoms with Crippen LogP contribution in [0.2, 0.25) is 0 Å². The second kappa shape index (κ2) is 3.71. The summed E-state index contributed by atoms with van der Waals surface area (Å²) in [5.74, 6) is 0. The van der Waals surface area contributed by atoms with E-state index in [0.717, 1.165) is 0 Å². The van der Waals surface area contributed by atoms with Gasteiger partial charge in [0.05, 0.1) is 0 Å². The molecule has 0 atom stereocenters. The summed E-state index contributed by atoms with van der Waals surface area (Å²) >= 11 is 1.88. The third kappa shape index (κ3) is 2.71. The van der Waals surface area contributed by atoms with Gasteiger partial charge in [0.1, 0.15) is 0 Å². The Morgan fingerprint density at radius 2 is 2.25 bits per heavy atom. The molecule has 4 heavy (non-hydrogen) atoms. The van der Waals surface area contributed by atoms with Crippen LogP contribution in [0.15, 0.2) is 0 Å². The van der Waals surface area contributed by atoms with Gasteiger partial charge >= 0.3 is 5.34 Å². The lowest BCUT2D eigenvalue weighted by atomic mass is 10.6. The van der Waals surface area contributed by atoms with Gasteiger partial charge in [0.25, 0.3) is 0 Å². The molecule has 0 unspecified atom stereocenters. The Morgan fingerprint density at radius 3 is 2.25 bits per heavy atom. The minimum Gasteiger partial charge on any atom is -0.298 e. The van der Waals surface area contributed by atoms with E-state index in [2.05, 4.69) is 4.81 Å². The fraction of sp³-hybridized carbons (Fsp3) is 0. The van der Waals surface area contributed by atoms with E-state index >= 15 is 0 Å². The van der Waals surface area contributed by atoms with Gasteiger partial charge in [-0.05, 0) is 0 Å². The molecule has 0 aliphatic carbocycles. The Hall–Kier alpha value is 0.715. The number of rotatable bonds is 1. The summed E-state index contributed by atoms with van der Waals surface area (Å²) in [5, 5.41) is 7.71. The molecular weight excluding hydrogens is 170 g/mol. The number of halogens is 1. The Labute approximate surface area is 38.2 Å². The second-order valence-corrected chi connectivity index (χ2v) is 0.861. The minimum absolute atomic E-state index is 0.345. The van der Waals surface area contributed by atoms with Gasteiger partial charge in [-0.1, -0.05) is 0 Å². The van der Waals surface area contributed by atoms with Crippen molar-refractivity contribution in [3.63, 3.8) is 0 Å². The van der Waals surface area contributed by atoms with Crippen LogP contribution >= 0.6 is 22.4 Å². The molecule has 0 spiro atoms. The molecule has 0 aromatic carbocycles. The average molecular weight is 172 g/mol. The van der Waals surface area contributed by atoms with E-state index in [1.165, 1.54) is 0 Å². The third-order valence-corrected chi connectivity index (χ3v) is 0.327. The Balaban J connectivity index is 1.97. The monoisotopic (exact) mass is 172 g/mol. The fourth-order valence-corrected chi connectivity index (χ4v) is 0. The molecule has 0 radical (unpaired) electrons. The Kier molecular flexibility index (Phi) is 4.38. The maximum atomic E-state index is 7.37. The van der Waals surface area contributed by atoms with Crippen molar-refractivity contribution in [1.82, 2.24) is 0 Å². The minimum atomic E-state index is 0.345. The molecule has 0 heterocycles. The maximum absolute atomic E-state index is 7.37. The summed E-state index contributed by atoms with van der Waals surface area (Å²) < 4.78 is 0. The first-order chi connectivity index (χ1) is 1.91. The Morgan fingerprint density at radius 1 is 2.00 bits per heavy atom. The SMILES string of the molecule is OOBI. The van der Waals surface area contributed by atoms with Crippen molar-refractivity contribution in [3.05, 3.63) is 0 Å². The Bertz CT molecular complexity index is 8.00. The molecule has 0 amide bonds. The van der Waals surface area contributed by atoms with Crippen molar-refractivity contribution in [2.45, 2.75) is 0 Å². The van der Waals surface area contributed by atoms with Gasteiger partial charge in [0, 0.05) is 0 Å². The highest BCUT2D eigenvalue weighted by Gasteiger charge is 1.66. The molecule has 0 rings (SSSR count). The van der Waals surface area contributed by atoms with Crippen molar-refractivity contribution >= 4 is 27.7 Å². The number of hydrogen-bond acceptors (Lipinski definition) is 2. The molecular formula is H2BIO2. The lowest BCUT2D eigenvalue weighted by Crippen LogP contribution is -1.75. The predicted octanol–water partition coefficient (Wildman–Crippen LogP) is 0.177. The lowest BCUT2D eigenvalue weighted by Gasteiger charge is -1.69. The van der Waals surface area contributed by atoms with Gasteiger partial charge in [0.2, 0.25) is 0 Å². The van der Waals surface area contributed by atoms with E-state index < -0.39 is 0 Å². The van der Waals surface area contributed by atoms with Gasteiger partial charge in [-0.2, -0.15) is 0 Å². The highest BCUT2D eigenvalue weighted by atomic mass is 127. The van der Waals surface area contributed by atoms with Crippen molar-refractivity contribution in [1.29, 1.82) is 0 Å². The van der Waals surface area contributed by atoms with Crippen LogP contribution in [0, 0.1) is 0 Å². The molecule has 0 aromatic heterocycles. The molecule has 0 aliphatic heterocycles. The third-order valence-electron chi connectivity index (χ3n) is 0.0488. The molecule has 4 heteroatoms.